The van der Waals surface area contributed by atoms with E-state index in [-0.39, 0.29) is 23.9 Å². The zero-order valence-electron chi connectivity index (χ0n) is 13.5. The average Bonchev–Trinajstić information content (AvgIpc) is 2.63. The summed E-state index contributed by atoms with van der Waals surface area (Å²) in [6, 6.07) is 24.3. The van der Waals surface area contributed by atoms with Crippen molar-refractivity contribution >= 4 is 27.5 Å². The molecule has 3 aromatic rings. The molecule has 2 nitrogen and oxygen atoms in total. The van der Waals surface area contributed by atoms with Crippen molar-refractivity contribution in [1.82, 2.24) is 0 Å². The summed E-state index contributed by atoms with van der Waals surface area (Å²) in [6.07, 6.45) is 0.240. The lowest BCUT2D eigenvalue weighted by atomic mass is 9.88. The molecule has 0 unspecified atom stereocenters. The van der Waals surface area contributed by atoms with Crippen LogP contribution in [0.1, 0.15) is 23.5 Å². The SMILES string of the molecule is O=C(CC(c1ccccc1)c1ccccc1)Nc1ccc(Br)cc1F. The Morgan fingerprint density at radius 1 is 0.920 bits per heavy atom. The number of amides is 1. The van der Waals surface area contributed by atoms with Gasteiger partial charge in [-0.15, -0.1) is 0 Å². The van der Waals surface area contributed by atoms with Gasteiger partial charge in [-0.25, -0.2) is 4.39 Å². The number of hydrogen-bond donors (Lipinski definition) is 1. The van der Waals surface area contributed by atoms with Crippen molar-refractivity contribution < 1.29 is 9.18 Å². The molecule has 0 fully saturated rings. The van der Waals surface area contributed by atoms with Crippen LogP contribution in [-0.4, -0.2) is 5.91 Å². The van der Waals surface area contributed by atoms with Gasteiger partial charge in [0.05, 0.1) is 5.69 Å². The molecule has 0 bridgehead atoms. The Morgan fingerprint density at radius 3 is 2.00 bits per heavy atom. The Kier molecular flexibility index (Phi) is 5.61. The Morgan fingerprint density at radius 2 is 1.48 bits per heavy atom. The minimum absolute atomic E-state index is 0.0825. The second kappa shape index (κ2) is 8.08. The maximum atomic E-state index is 13.9. The van der Waals surface area contributed by atoms with E-state index >= 15 is 0 Å². The number of anilines is 1. The van der Waals surface area contributed by atoms with Gasteiger partial charge in [0.1, 0.15) is 5.82 Å². The minimum Gasteiger partial charge on any atom is -0.324 e. The van der Waals surface area contributed by atoms with E-state index in [2.05, 4.69) is 21.2 Å². The van der Waals surface area contributed by atoms with Gasteiger partial charge in [0, 0.05) is 16.8 Å². The van der Waals surface area contributed by atoms with E-state index in [9.17, 15) is 9.18 Å². The van der Waals surface area contributed by atoms with Gasteiger partial charge in [-0.2, -0.15) is 0 Å². The van der Waals surface area contributed by atoms with Gasteiger partial charge >= 0.3 is 0 Å². The third-order valence-corrected chi connectivity index (χ3v) is 4.49. The lowest BCUT2D eigenvalue weighted by molar-refractivity contribution is -0.116. The van der Waals surface area contributed by atoms with Crippen LogP contribution in [-0.2, 0) is 4.79 Å². The summed E-state index contributed by atoms with van der Waals surface area (Å²) in [5.74, 6) is -0.765. The van der Waals surface area contributed by atoms with Gasteiger partial charge < -0.3 is 5.32 Å². The molecule has 0 atom stereocenters. The predicted molar refractivity (Wildman–Crippen MR) is 102 cm³/mol. The lowest BCUT2D eigenvalue weighted by Crippen LogP contribution is -2.17. The number of benzene rings is 3. The molecule has 1 N–H and O–H groups in total. The van der Waals surface area contributed by atoms with Gasteiger partial charge in [0.25, 0.3) is 0 Å². The molecule has 3 aromatic carbocycles. The quantitative estimate of drug-likeness (QED) is 0.583. The third kappa shape index (κ3) is 4.54. The molecule has 0 spiro atoms. The first-order valence-corrected chi connectivity index (χ1v) is 8.77. The van der Waals surface area contributed by atoms with Gasteiger partial charge in [0.2, 0.25) is 5.91 Å². The predicted octanol–water partition coefficient (Wildman–Crippen LogP) is 5.75. The molecule has 1 amide bonds. The molecular weight excluding hydrogens is 381 g/mol. The van der Waals surface area contributed by atoms with Crippen molar-refractivity contribution in [2.45, 2.75) is 12.3 Å². The largest absolute Gasteiger partial charge is 0.324 e. The van der Waals surface area contributed by atoms with E-state index in [1.165, 1.54) is 6.07 Å². The maximum absolute atomic E-state index is 13.9. The number of rotatable bonds is 5. The first-order valence-electron chi connectivity index (χ1n) is 7.98. The molecule has 0 saturated carbocycles. The molecular formula is C21H17BrFNO. The monoisotopic (exact) mass is 397 g/mol. The van der Waals surface area contributed by atoms with E-state index in [4.69, 9.17) is 0 Å². The van der Waals surface area contributed by atoms with Crippen LogP contribution in [0.15, 0.2) is 83.3 Å². The topological polar surface area (TPSA) is 29.1 Å². The summed E-state index contributed by atoms with van der Waals surface area (Å²) in [6.45, 7) is 0. The lowest BCUT2D eigenvalue weighted by Gasteiger charge is -2.18. The number of carbonyl (C=O) groups excluding carboxylic acids is 1. The fourth-order valence-electron chi connectivity index (χ4n) is 2.78. The van der Waals surface area contributed by atoms with Crippen LogP contribution >= 0.6 is 15.9 Å². The van der Waals surface area contributed by atoms with Crippen molar-refractivity contribution in [3.05, 3.63) is 100 Å². The molecule has 0 heterocycles. The third-order valence-electron chi connectivity index (χ3n) is 4.00. The molecule has 0 aliphatic carbocycles. The average molecular weight is 398 g/mol. The highest BCUT2D eigenvalue weighted by atomic mass is 79.9. The van der Waals surface area contributed by atoms with E-state index in [0.717, 1.165) is 11.1 Å². The second-order valence-corrected chi connectivity index (χ2v) is 6.67. The Bertz CT molecular complexity index is 813. The van der Waals surface area contributed by atoms with Crippen LogP contribution in [0, 0.1) is 5.82 Å². The number of carbonyl (C=O) groups is 1. The summed E-state index contributed by atoms with van der Waals surface area (Å²) in [5.41, 5.74) is 2.30. The van der Waals surface area contributed by atoms with E-state index in [0.29, 0.717) is 4.47 Å². The summed E-state index contributed by atoms with van der Waals surface area (Å²) in [5, 5.41) is 2.67. The first kappa shape index (κ1) is 17.4. The highest BCUT2D eigenvalue weighted by Crippen LogP contribution is 2.28. The van der Waals surface area contributed by atoms with E-state index < -0.39 is 5.82 Å². The number of nitrogens with one attached hydrogen (secondary N) is 1. The maximum Gasteiger partial charge on any atom is 0.225 e. The smallest absolute Gasteiger partial charge is 0.225 e. The molecule has 0 aromatic heterocycles. The highest BCUT2D eigenvalue weighted by Gasteiger charge is 2.18. The van der Waals surface area contributed by atoms with Crippen molar-refractivity contribution in [3.63, 3.8) is 0 Å². The van der Waals surface area contributed by atoms with Crippen molar-refractivity contribution in [3.8, 4) is 0 Å². The van der Waals surface area contributed by atoms with Crippen molar-refractivity contribution in [2.24, 2.45) is 0 Å². The van der Waals surface area contributed by atoms with Crippen LogP contribution in [0.4, 0.5) is 10.1 Å². The van der Waals surface area contributed by atoms with E-state index in [1.54, 1.807) is 12.1 Å². The van der Waals surface area contributed by atoms with Crippen LogP contribution in [0.25, 0.3) is 0 Å². The van der Waals surface area contributed by atoms with Gasteiger partial charge in [0.15, 0.2) is 0 Å². The number of hydrogen-bond acceptors (Lipinski definition) is 1. The zero-order valence-corrected chi connectivity index (χ0v) is 15.0. The van der Waals surface area contributed by atoms with Crippen LogP contribution < -0.4 is 5.32 Å². The molecule has 0 saturated heterocycles. The second-order valence-electron chi connectivity index (χ2n) is 5.75. The van der Waals surface area contributed by atoms with Gasteiger partial charge in [-0.05, 0) is 29.3 Å². The van der Waals surface area contributed by atoms with Crippen molar-refractivity contribution in [1.29, 1.82) is 0 Å². The summed E-state index contributed by atoms with van der Waals surface area (Å²) in [7, 11) is 0. The molecule has 126 valence electrons. The summed E-state index contributed by atoms with van der Waals surface area (Å²) in [4.78, 5) is 12.5. The molecule has 25 heavy (non-hydrogen) atoms. The minimum atomic E-state index is -0.460. The van der Waals surface area contributed by atoms with Gasteiger partial charge in [-0.1, -0.05) is 76.6 Å². The zero-order chi connectivity index (χ0) is 17.6. The van der Waals surface area contributed by atoms with Crippen LogP contribution in [0.5, 0.6) is 0 Å². The van der Waals surface area contributed by atoms with Crippen LogP contribution in [0.2, 0.25) is 0 Å². The van der Waals surface area contributed by atoms with E-state index in [1.807, 2.05) is 60.7 Å². The summed E-state index contributed by atoms with van der Waals surface area (Å²) >= 11 is 3.21. The molecule has 0 aliphatic rings. The Balaban J connectivity index is 1.82. The van der Waals surface area contributed by atoms with Crippen LogP contribution in [0.3, 0.4) is 0 Å². The molecule has 0 aliphatic heterocycles. The van der Waals surface area contributed by atoms with Crippen molar-refractivity contribution in [2.75, 3.05) is 5.32 Å². The molecule has 0 radical (unpaired) electrons. The number of halogens is 2. The fourth-order valence-corrected chi connectivity index (χ4v) is 3.11. The Hall–Kier alpha value is -2.46. The first-order chi connectivity index (χ1) is 12.1. The Labute approximate surface area is 154 Å². The highest BCUT2D eigenvalue weighted by molar-refractivity contribution is 9.10. The normalized spacial score (nSPS) is 10.7. The molecule has 4 heteroatoms. The molecule has 3 rings (SSSR count). The summed E-state index contributed by atoms with van der Waals surface area (Å²) < 4.78 is 14.6. The van der Waals surface area contributed by atoms with Gasteiger partial charge in [-0.3, -0.25) is 4.79 Å². The standard InChI is InChI=1S/C21H17BrFNO/c22-17-11-12-20(19(23)13-17)24-21(25)14-18(15-7-3-1-4-8-15)16-9-5-2-6-10-16/h1-13,18H,14H2,(H,24,25). The fraction of sp³-hybridized carbons (Fsp3) is 0.0952.